The van der Waals surface area contributed by atoms with Gasteiger partial charge in [-0.25, -0.2) is 4.39 Å². The third kappa shape index (κ3) is 3.02. The largest absolute Gasteiger partial charge is 0.481 e. The molecule has 0 bridgehead atoms. The first-order chi connectivity index (χ1) is 7.04. The second kappa shape index (κ2) is 4.89. The lowest BCUT2D eigenvalue weighted by atomic mass is 9.96. The number of carbonyl (C=O) groups is 1. The van der Waals surface area contributed by atoms with Gasteiger partial charge in [-0.1, -0.05) is 6.07 Å². The highest BCUT2D eigenvalue weighted by Gasteiger charge is 2.17. The van der Waals surface area contributed by atoms with Crippen LogP contribution in [-0.2, 0) is 11.2 Å². The van der Waals surface area contributed by atoms with E-state index in [4.69, 9.17) is 10.8 Å². The molecule has 0 aliphatic rings. The van der Waals surface area contributed by atoms with Crippen molar-refractivity contribution in [2.75, 3.05) is 6.54 Å². The van der Waals surface area contributed by atoms with E-state index in [1.54, 1.807) is 6.07 Å². The maximum Gasteiger partial charge on any atom is 0.308 e. The quantitative estimate of drug-likeness (QED) is 0.789. The van der Waals surface area contributed by atoms with E-state index in [1.165, 1.54) is 12.1 Å². The molecule has 0 spiro atoms. The molecular formula is C11H14FNO2. The van der Waals surface area contributed by atoms with E-state index in [9.17, 15) is 9.18 Å². The average molecular weight is 211 g/mol. The van der Waals surface area contributed by atoms with Crippen molar-refractivity contribution in [2.24, 2.45) is 11.7 Å². The monoisotopic (exact) mass is 211 g/mol. The molecule has 0 heterocycles. The summed E-state index contributed by atoms with van der Waals surface area (Å²) in [6.45, 7) is 1.88. The predicted molar refractivity (Wildman–Crippen MR) is 55.0 cm³/mol. The molecule has 4 heteroatoms. The van der Waals surface area contributed by atoms with Crippen molar-refractivity contribution in [1.29, 1.82) is 0 Å². The number of nitrogens with two attached hydrogens (primary N) is 1. The summed E-state index contributed by atoms with van der Waals surface area (Å²) in [4.78, 5) is 10.8. The molecule has 3 nitrogen and oxygen atoms in total. The van der Waals surface area contributed by atoms with E-state index < -0.39 is 11.9 Å². The van der Waals surface area contributed by atoms with Crippen LogP contribution in [0.5, 0.6) is 0 Å². The molecule has 0 amide bonds. The van der Waals surface area contributed by atoms with Gasteiger partial charge in [-0.2, -0.15) is 0 Å². The van der Waals surface area contributed by atoms with Crippen molar-refractivity contribution in [2.45, 2.75) is 13.3 Å². The van der Waals surface area contributed by atoms with Crippen LogP contribution in [0.3, 0.4) is 0 Å². The SMILES string of the molecule is Cc1ccc(F)cc1CC(CN)C(=O)O. The van der Waals surface area contributed by atoms with Gasteiger partial charge in [0.2, 0.25) is 0 Å². The van der Waals surface area contributed by atoms with Crippen LogP contribution < -0.4 is 5.73 Å². The fraction of sp³-hybridized carbons (Fsp3) is 0.364. The van der Waals surface area contributed by atoms with Gasteiger partial charge < -0.3 is 10.8 Å². The van der Waals surface area contributed by atoms with Crippen LogP contribution in [0.1, 0.15) is 11.1 Å². The number of benzene rings is 1. The molecule has 0 fully saturated rings. The number of aliphatic carboxylic acids is 1. The zero-order valence-corrected chi connectivity index (χ0v) is 8.53. The molecule has 0 saturated carbocycles. The molecule has 0 aliphatic carbocycles. The van der Waals surface area contributed by atoms with E-state index in [-0.39, 0.29) is 18.8 Å². The number of hydrogen-bond acceptors (Lipinski definition) is 2. The Bertz CT molecular complexity index is 366. The number of aryl methyl sites for hydroxylation is 1. The van der Waals surface area contributed by atoms with Gasteiger partial charge in [0.05, 0.1) is 5.92 Å². The van der Waals surface area contributed by atoms with Crippen LogP contribution in [0.2, 0.25) is 0 Å². The van der Waals surface area contributed by atoms with Gasteiger partial charge in [0.25, 0.3) is 0 Å². The molecule has 0 aliphatic heterocycles. The van der Waals surface area contributed by atoms with Crippen LogP contribution in [0, 0.1) is 18.7 Å². The highest BCUT2D eigenvalue weighted by molar-refractivity contribution is 5.70. The standard InChI is InChI=1S/C11H14FNO2/c1-7-2-3-10(12)5-8(7)4-9(6-13)11(14)15/h2-3,5,9H,4,6,13H2,1H3,(H,14,15). The second-order valence-electron chi connectivity index (χ2n) is 3.55. The molecule has 1 aromatic rings. The van der Waals surface area contributed by atoms with Crippen LogP contribution in [0.15, 0.2) is 18.2 Å². The number of carboxylic acids is 1. The van der Waals surface area contributed by atoms with Gasteiger partial charge in [0.15, 0.2) is 0 Å². The summed E-state index contributed by atoms with van der Waals surface area (Å²) >= 11 is 0. The van der Waals surface area contributed by atoms with E-state index in [2.05, 4.69) is 0 Å². The van der Waals surface area contributed by atoms with Crippen molar-refractivity contribution >= 4 is 5.97 Å². The number of hydrogen-bond donors (Lipinski definition) is 2. The van der Waals surface area contributed by atoms with Crippen LogP contribution in [0.4, 0.5) is 4.39 Å². The van der Waals surface area contributed by atoms with Gasteiger partial charge in [-0.15, -0.1) is 0 Å². The summed E-state index contributed by atoms with van der Waals surface area (Å²) in [6, 6.07) is 4.36. The third-order valence-electron chi connectivity index (χ3n) is 2.41. The van der Waals surface area contributed by atoms with Gasteiger partial charge >= 0.3 is 5.97 Å². The predicted octanol–water partition coefficient (Wildman–Crippen LogP) is 1.34. The minimum Gasteiger partial charge on any atom is -0.481 e. The van der Waals surface area contributed by atoms with Crippen LogP contribution in [0.25, 0.3) is 0 Å². The summed E-state index contributed by atoms with van der Waals surface area (Å²) in [7, 11) is 0. The molecule has 82 valence electrons. The van der Waals surface area contributed by atoms with Gasteiger partial charge in [-0.3, -0.25) is 4.79 Å². The van der Waals surface area contributed by atoms with Crippen molar-refractivity contribution in [3.05, 3.63) is 35.1 Å². The van der Waals surface area contributed by atoms with Gasteiger partial charge in [0.1, 0.15) is 5.82 Å². The summed E-state index contributed by atoms with van der Waals surface area (Å²) in [5, 5.41) is 8.82. The summed E-state index contributed by atoms with van der Waals surface area (Å²) in [5.41, 5.74) is 6.92. The Morgan fingerprint density at radius 3 is 2.80 bits per heavy atom. The van der Waals surface area contributed by atoms with Crippen LogP contribution in [-0.4, -0.2) is 17.6 Å². The average Bonchev–Trinajstić information content (AvgIpc) is 2.18. The molecule has 0 aromatic heterocycles. The van der Waals surface area contributed by atoms with Crippen molar-refractivity contribution < 1.29 is 14.3 Å². The first-order valence-electron chi connectivity index (χ1n) is 4.72. The zero-order valence-electron chi connectivity index (χ0n) is 8.53. The minimum atomic E-state index is -0.943. The highest BCUT2D eigenvalue weighted by Crippen LogP contribution is 2.15. The number of carboxylic acid groups (broad SMARTS) is 1. The van der Waals surface area contributed by atoms with Gasteiger partial charge in [0, 0.05) is 6.54 Å². The van der Waals surface area contributed by atoms with E-state index >= 15 is 0 Å². The Balaban J connectivity index is 2.87. The molecule has 0 saturated heterocycles. The van der Waals surface area contributed by atoms with E-state index in [1.807, 2.05) is 6.92 Å². The fourth-order valence-electron chi connectivity index (χ4n) is 1.40. The Hall–Kier alpha value is -1.42. The normalized spacial score (nSPS) is 12.5. The molecule has 1 rings (SSSR count). The number of halogens is 1. The summed E-state index contributed by atoms with van der Waals surface area (Å²) in [6.07, 6.45) is 0.273. The minimum absolute atomic E-state index is 0.0608. The lowest BCUT2D eigenvalue weighted by molar-refractivity contribution is -0.141. The molecule has 1 aromatic carbocycles. The lowest BCUT2D eigenvalue weighted by Gasteiger charge is -2.11. The smallest absolute Gasteiger partial charge is 0.308 e. The zero-order chi connectivity index (χ0) is 11.4. The Morgan fingerprint density at radius 1 is 1.60 bits per heavy atom. The molecule has 15 heavy (non-hydrogen) atoms. The summed E-state index contributed by atoms with van der Waals surface area (Å²) in [5.74, 6) is -1.94. The number of rotatable bonds is 4. The second-order valence-corrected chi connectivity index (χ2v) is 3.55. The van der Waals surface area contributed by atoms with E-state index in [0.717, 1.165) is 5.56 Å². The highest BCUT2D eigenvalue weighted by atomic mass is 19.1. The molecular weight excluding hydrogens is 197 g/mol. The first-order valence-corrected chi connectivity index (χ1v) is 4.72. The molecule has 0 radical (unpaired) electrons. The van der Waals surface area contributed by atoms with Gasteiger partial charge in [-0.05, 0) is 36.6 Å². The fourth-order valence-corrected chi connectivity index (χ4v) is 1.40. The third-order valence-corrected chi connectivity index (χ3v) is 2.41. The van der Waals surface area contributed by atoms with Crippen molar-refractivity contribution in [1.82, 2.24) is 0 Å². The maximum atomic E-state index is 12.9. The lowest BCUT2D eigenvalue weighted by Crippen LogP contribution is -2.25. The molecule has 3 N–H and O–H groups in total. The summed E-state index contributed by atoms with van der Waals surface area (Å²) < 4.78 is 12.9. The maximum absolute atomic E-state index is 12.9. The van der Waals surface area contributed by atoms with Crippen molar-refractivity contribution in [3.8, 4) is 0 Å². The first kappa shape index (κ1) is 11.7. The topological polar surface area (TPSA) is 63.3 Å². The Labute approximate surface area is 87.7 Å². The van der Waals surface area contributed by atoms with Crippen molar-refractivity contribution in [3.63, 3.8) is 0 Å². The Morgan fingerprint density at radius 2 is 2.27 bits per heavy atom. The van der Waals surface area contributed by atoms with E-state index in [0.29, 0.717) is 5.56 Å². The Kier molecular flexibility index (Phi) is 3.80. The molecule has 1 atom stereocenters. The van der Waals surface area contributed by atoms with Crippen LogP contribution >= 0.6 is 0 Å². The molecule has 1 unspecified atom stereocenters.